The van der Waals surface area contributed by atoms with E-state index in [-0.39, 0.29) is 16.5 Å². The molecule has 0 aliphatic rings. The van der Waals surface area contributed by atoms with E-state index < -0.39 is 0 Å². The quantitative estimate of drug-likeness (QED) is 0.204. The molecule has 0 spiro atoms. The number of hydrogen-bond donors (Lipinski definition) is 0. The normalized spacial score (nSPS) is 9.84. The molecule has 0 aliphatic heterocycles. The van der Waals surface area contributed by atoms with Crippen molar-refractivity contribution < 1.29 is 16.5 Å². The van der Waals surface area contributed by atoms with Gasteiger partial charge in [-0.1, -0.05) is 12.1 Å². The van der Waals surface area contributed by atoms with Crippen LogP contribution in [0.4, 0.5) is 0 Å². The number of benzene rings is 2. The molecule has 140 valence electrons. The van der Waals surface area contributed by atoms with Crippen LogP contribution in [0.1, 0.15) is 11.1 Å². The van der Waals surface area contributed by atoms with Crippen LogP contribution in [-0.4, -0.2) is 36.8 Å². The van der Waals surface area contributed by atoms with Crippen LogP contribution in [0.3, 0.4) is 0 Å². The zero-order chi connectivity index (χ0) is 17.6. The largest absolute Gasteiger partial charge is 2.00 e. The predicted octanol–water partition coefficient (Wildman–Crippen LogP) is 6.11. The van der Waals surface area contributed by atoms with Gasteiger partial charge in [0.2, 0.25) is 0 Å². The Labute approximate surface area is 179 Å². The number of nitrogens with zero attached hydrogens (tertiary/aromatic N) is 2. The van der Waals surface area contributed by atoms with E-state index in [1.54, 1.807) is 43.5 Å². The summed E-state index contributed by atoms with van der Waals surface area (Å²) in [4.78, 5) is 0. The summed E-state index contributed by atoms with van der Waals surface area (Å²) >= 11 is 0. The molecule has 0 saturated carbocycles. The first kappa shape index (κ1) is 25.0. The first-order chi connectivity index (χ1) is 11.6. The molecule has 0 heterocycles. The van der Waals surface area contributed by atoms with Crippen LogP contribution in [0.5, 0.6) is 0 Å². The summed E-state index contributed by atoms with van der Waals surface area (Å²) in [5.74, 6) is 4.29. The van der Waals surface area contributed by atoms with Gasteiger partial charge in [-0.3, -0.25) is 0 Å². The fraction of sp³-hybridized carbons (Fsp3) is 0.222. The van der Waals surface area contributed by atoms with Crippen LogP contribution in [0, 0.1) is 11.5 Å². The monoisotopic (exact) mass is 454 g/mol. The molecule has 2 aromatic carbocycles. The van der Waals surface area contributed by atoms with Crippen LogP contribution < -0.4 is 0 Å². The van der Waals surface area contributed by atoms with Crippen LogP contribution in [0.15, 0.2) is 60.7 Å². The molecule has 0 aliphatic carbocycles. The van der Waals surface area contributed by atoms with Crippen LogP contribution in [0.25, 0.3) is 0 Å². The Balaban J connectivity index is 0.000000443. The van der Waals surface area contributed by atoms with Gasteiger partial charge in [0.05, 0.1) is 0 Å². The van der Waals surface area contributed by atoms with E-state index >= 15 is 0 Å². The summed E-state index contributed by atoms with van der Waals surface area (Å²) in [6, 6.07) is 20.7. The van der Waals surface area contributed by atoms with Crippen molar-refractivity contribution in [2.45, 2.75) is 0 Å². The minimum absolute atomic E-state index is 0. The van der Waals surface area contributed by atoms with Gasteiger partial charge in [0.25, 0.3) is 0 Å². The summed E-state index contributed by atoms with van der Waals surface area (Å²) < 4.78 is 4.15. The van der Waals surface area contributed by atoms with E-state index in [9.17, 15) is 0 Å². The third-order valence-corrected chi connectivity index (χ3v) is 6.74. The van der Waals surface area contributed by atoms with Crippen molar-refractivity contribution in [1.82, 2.24) is 8.61 Å². The van der Waals surface area contributed by atoms with E-state index in [1.807, 2.05) is 64.6 Å². The van der Waals surface area contributed by atoms with E-state index in [1.165, 1.54) is 11.1 Å². The zero-order valence-electron chi connectivity index (χ0n) is 14.8. The van der Waals surface area contributed by atoms with Gasteiger partial charge in [0.15, 0.2) is 0 Å². The SMILES string of the molecule is CN(C)SS[CH-]c1ccccc1.CN(C)SS[CH-]c1ccccc1.[Ni+2]. The number of hydrogen-bond acceptors (Lipinski definition) is 6. The Morgan fingerprint density at radius 2 is 0.920 bits per heavy atom. The van der Waals surface area contributed by atoms with E-state index in [0.717, 1.165) is 0 Å². The second kappa shape index (κ2) is 16.2. The predicted molar refractivity (Wildman–Crippen MR) is 117 cm³/mol. The Morgan fingerprint density at radius 1 is 0.600 bits per heavy atom. The van der Waals surface area contributed by atoms with Gasteiger partial charge in [-0.15, -0.1) is 57.4 Å². The van der Waals surface area contributed by atoms with Crippen molar-refractivity contribution in [3.63, 3.8) is 0 Å². The van der Waals surface area contributed by atoms with Gasteiger partial charge in [0.1, 0.15) is 0 Å². The maximum Gasteiger partial charge on any atom is 2.00 e. The molecule has 0 amide bonds. The van der Waals surface area contributed by atoms with Crippen molar-refractivity contribution in [2.24, 2.45) is 0 Å². The third kappa shape index (κ3) is 14.8. The van der Waals surface area contributed by atoms with E-state index in [4.69, 9.17) is 0 Å². The molecule has 0 fully saturated rings. The molecule has 0 saturated heterocycles. The maximum absolute atomic E-state index is 2.14. The first-order valence-corrected chi connectivity index (χ1v) is 11.7. The van der Waals surface area contributed by atoms with Crippen LogP contribution in [-0.2, 0) is 16.5 Å². The molecule has 0 atom stereocenters. The van der Waals surface area contributed by atoms with Crippen LogP contribution in [0.2, 0.25) is 0 Å². The average Bonchev–Trinajstić information content (AvgIpc) is 2.57. The Bertz CT molecular complexity index is 478. The van der Waals surface area contributed by atoms with Gasteiger partial charge in [-0.05, 0) is 50.2 Å². The number of rotatable bonds is 8. The molecule has 25 heavy (non-hydrogen) atoms. The van der Waals surface area contributed by atoms with Crippen molar-refractivity contribution in [3.05, 3.63) is 83.3 Å². The van der Waals surface area contributed by atoms with Crippen molar-refractivity contribution in [1.29, 1.82) is 0 Å². The topological polar surface area (TPSA) is 6.48 Å². The molecule has 2 nitrogen and oxygen atoms in total. The minimum atomic E-state index is 0. The van der Waals surface area contributed by atoms with Gasteiger partial charge in [-0.2, -0.15) is 35.4 Å². The summed E-state index contributed by atoms with van der Waals surface area (Å²) in [5, 5.41) is 0. The third-order valence-electron chi connectivity index (χ3n) is 2.35. The zero-order valence-corrected chi connectivity index (χ0v) is 19.0. The maximum atomic E-state index is 2.14. The molecule has 0 aromatic heterocycles. The summed E-state index contributed by atoms with van der Waals surface area (Å²) in [6.07, 6.45) is 0. The summed E-state index contributed by atoms with van der Waals surface area (Å²) in [5.41, 5.74) is 2.52. The molecular weight excluding hydrogens is 431 g/mol. The fourth-order valence-corrected chi connectivity index (χ4v) is 4.31. The molecule has 7 heteroatoms. The van der Waals surface area contributed by atoms with Gasteiger partial charge < -0.3 is 0 Å². The van der Waals surface area contributed by atoms with Gasteiger partial charge in [-0.25, -0.2) is 8.61 Å². The van der Waals surface area contributed by atoms with Crippen molar-refractivity contribution >= 4 is 43.5 Å². The molecule has 0 N–H and O–H groups in total. The molecule has 2 rings (SSSR count). The summed E-state index contributed by atoms with van der Waals surface area (Å²) in [6.45, 7) is 0. The fourth-order valence-electron chi connectivity index (χ4n) is 1.39. The second-order valence-electron chi connectivity index (χ2n) is 5.02. The van der Waals surface area contributed by atoms with Gasteiger partial charge >= 0.3 is 16.5 Å². The average molecular weight is 455 g/mol. The second-order valence-corrected chi connectivity index (χ2v) is 9.69. The van der Waals surface area contributed by atoms with Crippen molar-refractivity contribution in [3.8, 4) is 0 Å². The minimum Gasteiger partial charge on any atom is -0.248 e. The molecule has 0 unspecified atom stereocenters. The molecule has 0 bridgehead atoms. The molecule has 2 aromatic rings. The molecular formula is C18H24N2NiS4. The standard InChI is InChI=1S/2C9H12NS2.Ni/c2*1-10(2)12-11-8-9-6-4-3-5-7-9;/h2*3-8H,1-2H3;/q2*-1;+2. The smallest absolute Gasteiger partial charge is 0.248 e. The van der Waals surface area contributed by atoms with Crippen molar-refractivity contribution in [2.75, 3.05) is 28.2 Å². The van der Waals surface area contributed by atoms with Gasteiger partial charge in [0, 0.05) is 0 Å². The Morgan fingerprint density at radius 3 is 1.20 bits per heavy atom. The van der Waals surface area contributed by atoms with Crippen LogP contribution >= 0.6 is 43.5 Å². The Kier molecular flexibility index (Phi) is 16.2. The first-order valence-electron chi connectivity index (χ1n) is 7.36. The van der Waals surface area contributed by atoms with E-state index in [0.29, 0.717) is 0 Å². The van der Waals surface area contributed by atoms with E-state index in [2.05, 4.69) is 44.4 Å². The molecule has 0 radical (unpaired) electrons. The summed E-state index contributed by atoms with van der Waals surface area (Å²) in [7, 11) is 15.1. The Hall–Kier alpha value is -0.00649.